The first kappa shape index (κ1) is 15.6. The molecule has 0 radical (unpaired) electrons. The summed E-state index contributed by atoms with van der Waals surface area (Å²) in [6.45, 7) is 2.10. The number of benzene rings is 1. The van der Waals surface area contributed by atoms with Gasteiger partial charge in [-0.3, -0.25) is 4.79 Å². The molecule has 2 unspecified atom stereocenters. The molecule has 0 bridgehead atoms. The number of hydrogen-bond acceptors (Lipinski definition) is 4. The van der Waals surface area contributed by atoms with E-state index in [9.17, 15) is 9.59 Å². The van der Waals surface area contributed by atoms with Crippen LogP contribution < -0.4 is 4.74 Å². The number of carboxylic acids is 1. The third kappa shape index (κ3) is 3.65. The predicted octanol–water partition coefficient (Wildman–Crippen LogP) is 1.42. The van der Waals surface area contributed by atoms with Gasteiger partial charge in [0.15, 0.2) is 12.1 Å². The Morgan fingerprint density at radius 3 is 2.86 bits per heavy atom. The fraction of sp³-hybridized carbons (Fsp3) is 0.429. The lowest BCUT2D eigenvalue weighted by Crippen LogP contribution is -2.55. The van der Waals surface area contributed by atoms with E-state index in [0.717, 1.165) is 0 Å². The van der Waals surface area contributed by atoms with Crippen molar-refractivity contribution in [2.24, 2.45) is 0 Å². The molecule has 21 heavy (non-hydrogen) atoms. The summed E-state index contributed by atoms with van der Waals surface area (Å²) in [5.41, 5.74) is 0. The Balaban J connectivity index is 2.07. The number of amides is 1. The van der Waals surface area contributed by atoms with Gasteiger partial charge in [-0.2, -0.15) is 0 Å². The molecule has 1 aliphatic heterocycles. The number of carbonyl (C=O) groups excluding carboxylic acids is 1. The van der Waals surface area contributed by atoms with Crippen molar-refractivity contribution in [1.82, 2.24) is 4.90 Å². The lowest BCUT2D eigenvalue weighted by molar-refractivity contribution is -0.161. The number of carbonyl (C=O) groups is 2. The summed E-state index contributed by atoms with van der Waals surface area (Å²) in [4.78, 5) is 24.8. The van der Waals surface area contributed by atoms with Crippen LogP contribution in [0.3, 0.4) is 0 Å². The summed E-state index contributed by atoms with van der Waals surface area (Å²) in [6.07, 6.45) is -0.829. The van der Waals surface area contributed by atoms with Gasteiger partial charge in [-0.05, 0) is 19.1 Å². The number of hydrogen-bond donors (Lipinski definition) is 1. The summed E-state index contributed by atoms with van der Waals surface area (Å²) in [5.74, 6) is -1.10. The summed E-state index contributed by atoms with van der Waals surface area (Å²) in [7, 11) is 0. The second-order valence-corrected chi connectivity index (χ2v) is 5.06. The topological polar surface area (TPSA) is 76.1 Å². The van der Waals surface area contributed by atoms with Gasteiger partial charge in [0.25, 0.3) is 5.91 Å². The molecule has 0 aliphatic carbocycles. The molecule has 114 valence electrons. The normalized spacial score (nSPS) is 19.9. The first-order chi connectivity index (χ1) is 10.0. The molecule has 0 aromatic heterocycles. The molecule has 2 atom stereocenters. The molecule has 0 saturated carbocycles. The number of nitrogens with zero attached hydrogens (tertiary/aromatic N) is 1. The Labute approximate surface area is 127 Å². The lowest BCUT2D eigenvalue weighted by atomic mass is 10.2. The quantitative estimate of drug-likeness (QED) is 0.910. The largest absolute Gasteiger partial charge is 0.480 e. The fourth-order valence-corrected chi connectivity index (χ4v) is 2.27. The molecule has 0 spiro atoms. The highest BCUT2D eigenvalue weighted by Crippen LogP contribution is 2.24. The average molecular weight is 314 g/mol. The van der Waals surface area contributed by atoms with Gasteiger partial charge in [-0.1, -0.05) is 23.7 Å². The summed E-state index contributed by atoms with van der Waals surface area (Å²) >= 11 is 5.97. The molecule has 2 rings (SSSR count). The van der Waals surface area contributed by atoms with Crippen molar-refractivity contribution in [2.75, 3.05) is 19.8 Å². The molecule has 6 nitrogen and oxygen atoms in total. The van der Waals surface area contributed by atoms with Crippen LogP contribution in [0.15, 0.2) is 24.3 Å². The molecule has 1 N–H and O–H groups in total. The average Bonchev–Trinajstić information content (AvgIpc) is 2.48. The van der Waals surface area contributed by atoms with E-state index in [0.29, 0.717) is 17.4 Å². The van der Waals surface area contributed by atoms with E-state index in [4.69, 9.17) is 26.2 Å². The van der Waals surface area contributed by atoms with Crippen LogP contribution in [0.4, 0.5) is 0 Å². The van der Waals surface area contributed by atoms with Crippen molar-refractivity contribution >= 4 is 23.5 Å². The summed E-state index contributed by atoms with van der Waals surface area (Å²) < 4.78 is 10.6. The van der Waals surface area contributed by atoms with E-state index >= 15 is 0 Å². The Morgan fingerprint density at radius 2 is 2.19 bits per heavy atom. The number of rotatable bonds is 4. The maximum atomic E-state index is 12.4. The van der Waals surface area contributed by atoms with Crippen LogP contribution >= 0.6 is 11.6 Å². The monoisotopic (exact) mass is 313 g/mol. The van der Waals surface area contributed by atoms with E-state index in [1.165, 1.54) is 4.90 Å². The smallest absolute Gasteiger partial charge is 0.328 e. The standard InChI is InChI=1S/C14H16ClNO5/c1-9(21-12-5-3-2-4-10(12)15)13(17)16-6-7-20-8-11(16)14(18)19/h2-5,9,11H,6-8H2,1H3,(H,18,19). The van der Waals surface area contributed by atoms with Crippen LogP contribution in [0.1, 0.15) is 6.92 Å². The summed E-state index contributed by atoms with van der Waals surface area (Å²) in [6, 6.07) is 5.82. The fourth-order valence-electron chi connectivity index (χ4n) is 2.09. The zero-order valence-corrected chi connectivity index (χ0v) is 12.2. The number of aliphatic carboxylic acids is 1. The van der Waals surface area contributed by atoms with E-state index in [1.54, 1.807) is 31.2 Å². The Hall–Kier alpha value is -1.79. The van der Waals surface area contributed by atoms with E-state index in [2.05, 4.69) is 0 Å². The molecule has 1 aliphatic rings. The van der Waals surface area contributed by atoms with Gasteiger partial charge in [0.2, 0.25) is 0 Å². The molecule has 1 saturated heterocycles. The third-order valence-corrected chi connectivity index (χ3v) is 3.50. The van der Waals surface area contributed by atoms with Gasteiger partial charge in [0.05, 0.1) is 18.2 Å². The van der Waals surface area contributed by atoms with Crippen LogP contribution in [0.2, 0.25) is 5.02 Å². The van der Waals surface area contributed by atoms with Crippen molar-refractivity contribution in [3.8, 4) is 5.75 Å². The number of carboxylic acid groups (broad SMARTS) is 1. The Kier molecular flexibility index (Phi) is 5.03. The highest BCUT2D eigenvalue weighted by Gasteiger charge is 2.35. The maximum absolute atomic E-state index is 12.4. The van der Waals surface area contributed by atoms with Gasteiger partial charge in [-0.25, -0.2) is 4.79 Å². The minimum atomic E-state index is -1.09. The zero-order valence-electron chi connectivity index (χ0n) is 11.5. The highest BCUT2D eigenvalue weighted by atomic mass is 35.5. The maximum Gasteiger partial charge on any atom is 0.328 e. The molecular weight excluding hydrogens is 298 g/mol. The lowest BCUT2D eigenvalue weighted by Gasteiger charge is -2.34. The first-order valence-electron chi connectivity index (χ1n) is 6.53. The number of halogens is 1. The highest BCUT2D eigenvalue weighted by molar-refractivity contribution is 6.32. The first-order valence-corrected chi connectivity index (χ1v) is 6.90. The van der Waals surface area contributed by atoms with Crippen LogP contribution in [0.25, 0.3) is 0 Å². The Morgan fingerprint density at radius 1 is 1.48 bits per heavy atom. The second kappa shape index (κ2) is 6.78. The zero-order chi connectivity index (χ0) is 15.4. The molecular formula is C14H16ClNO5. The van der Waals surface area contributed by atoms with Gasteiger partial charge >= 0.3 is 5.97 Å². The van der Waals surface area contributed by atoms with Crippen LogP contribution in [-0.4, -0.2) is 53.8 Å². The summed E-state index contributed by atoms with van der Waals surface area (Å²) in [5, 5.41) is 9.53. The second-order valence-electron chi connectivity index (χ2n) is 4.65. The van der Waals surface area contributed by atoms with Gasteiger partial charge < -0.3 is 19.5 Å². The van der Waals surface area contributed by atoms with Crippen molar-refractivity contribution in [2.45, 2.75) is 19.1 Å². The van der Waals surface area contributed by atoms with Crippen molar-refractivity contribution in [3.63, 3.8) is 0 Å². The molecule has 1 aromatic rings. The molecule has 1 heterocycles. The number of para-hydroxylation sites is 1. The molecule has 1 aromatic carbocycles. The van der Waals surface area contributed by atoms with E-state index in [1.807, 2.05) is 0 Å². The predicted molar refractivity (Wildman–Crippen MR) is 75.5 cm³/mol. The van der Waals surface area contributed by atoms with E-state index in [-0.39, 0.29) is 13.2 Å². The molecule has 1 amide bonds. The van der Waals surface area contributed by atoms with Crippen molar-refractivity contribution in [1.29, 1.82) is 0 Å². The number of morpholine rings is 1. The molecule has 1 fully saturated rings. The van der Waals surface area contributed by atoms with Gasteiger partial charge in [0.1, 0.15) is 5.75 Å². The van der Waals surface area contributed by atoms with Crippen LogP contribution in [0, 0.1) is 0 Å². The van der Waals surface area contributed by atoms with Crippen molar-refractivity contribution in [3.05, 3.63) is 29.3 Å². The van der Waals surface area contributed by atoms with E-state index < -0.39 is 24.0 Å². The SMILES string of the molecule is CC(Oc1ccccc1Cl)C(=O)N1CCOCC1C(=O)O. The van der Waals surface area contributed by atoms with Crippen LogP contribution in [-0.2, 0) is 14.3 Å². The third-order valence-electron chi connectivity index (χ3n) is 3.18. The minimum absolute atomic E-state index is 0.0140. The van der Waals surface area contributed by atoms with Crippen molar-refractivity contribution < 1.29 is 24.2 Å². The minimum Gasteiger partial charge on any atom is -0.480 e. The Bertz CT molecular complexity index is 536. The van der Waals surface area contributed by atoms with Crippen LogP contribution in [0.5, 0.6) is 5.75 Å². The van der Waals surface area contributed by atoms with Gasteiger partial charge in [-0.15, -0.1) is 0 Å². The molecule has 7 heteroatoms. The van der Waals surface area contributed by atoms with Gasteiger partial charge in [0, 0.05) is 6.54 Å². The number of ether oxygens (including phenoxy) is 2.